The Hall–Kier alpha value is -2.18. The van der Waals surface area contributed by atoms with Gasteiger partial charge in [0.15, 0.2) is 0 Å². The number of carbonyl (C=O) groups is 3. The molecule has 0 radical (unpaired) electrons. The van der Waals surface area contributed by atoms with Crippen LogP contribution in [0.1, 0.15) is 25.0 Å². The number of amides is 4. The molecule has 100 valence electrons. The van der Waals surface area contributed by atoms with Gasteiger partial charge in [-0.05, 0) is 18.9 Å². The molecule has 0 bridgehead atoms. The molecule has 2 fully saturated rings. The number of hydrogen-bond donors (Lipinski definition) is 1. The van der Waals surface area contributed by atoms with Crippen molar-refractivity contribution >= 4 is 17.8 Å². The van der Waals surface area contributed by atoms with Crippen LogP contribution in [-0.4, -0.2) is 32.5 Å². The Morgan fingerprint density at radius 1 is 1.37 bits per heavy atom. The number of aryl methyl sites for hydroxylation is 1. The molecule has 2 aliphatic rings. The number of nitrogens with zero attached hydrogens (tertiary/aromatic N) is 3. The van der Waals surface area contributed by atoms with Gasteiger partial charge in [0.05, 0.1) is 12.2 Å². The van der Waals surface area contributed by atoms with E-state index in [0.29, 0.717) is 12.8 Å². The van der Waals surface area contributed by atoms with Gasteiger partial charge in [-0.2, -0.15) is 5.10 Å². The van der Waals surface area contributed by atoms with Crippen LogP contribution in [0.2, 0.25) is 0 Å². The van der Waals surface area contributed by atoms with E-state index >= 15 is 0 Å². The smallest absolute Gasteiger partial charge is 0.277 e. The molecule has 7 nitrogen and oxygen atoms in total. The van der Waals surface area contributed by atoms with E-state index in [1.807, 2.05) is 0 Å². The highest BCUT2D eigenvalue weighted by Crippen LogP contribution is 2.44. The molecule has 2 heterocycles. The molecular weight excluding hydrogens is 248 g/mol. The molecule has 0 aromatic carbocycles. The van der Waals surface area contributed by atoms with Gasteiger partial charge in [0.2, 0.25) is 11.8 Å². The van der Waals surface area contributed by atoms with Gasteiger partial charge >= 0.3 is 6.03 Å². The summed E-state index contributed by atoms with van der Waals surface area (Å²) in [7, 11) is 1.74. The average Bonchev–Trinajstić information content (AvgIpc) is 2.68. The van der Waals surface area contributed by atoms with Crippen molar-refractivity contribution in [2.24, 2.45) is 12.5 Å². The number of urea groups is 1. The summed E-state index contributed by atoms with van der Waals surface area (Å²) in [5.41, 5.74) is -0.265. The third-order valence-electron chi connectivity index (χ3n) is 4.00. The summed E-state index contributed by atoms with van der Waals surface area (Å²) in [4.78, 5) is 37.2. The van der Waals surface area contributed by atoms with Crippen molar-refractivity contribution in [1.29, 1.82) is 0 Å². The molecular formula is C12H14N4O3. The molecule has 0 unspecified atom stereocenters. The maximum Gasteiger partial charge on any atom is 0.331 e. The minimum absolute atomic E-state index is 0.135. The molecule has 1 saturated heterocycles. The van der Waals surface area contributed by atoms with Gasteiger partial charge in [0.25, 0.3) is 0 Å². The van der Waals surface area contributed by atoms with Crippen molar-refractivity contribution < 1.29 is 14.4 Å². The van der Waals surface area contributed by atoms with Crippen LogP contribution in [0, 0.1) is 5.41 Å². The molecule has 4 amide bonds. The van der Waals surface area contributed by atoms with Crippen LogP contribution >= 0.6 is 0 Å². The van der Waals surface area contributed by atoms with Gasteiger partial charge in [-0.3, -0.25) is 24.5 Å². The van der Waals surface area contributed by atoms with Gasteiger partial charge < -0.3 is 0 Å². The van der Waals surface area contributed by atoms with E-state index in [1.54, 1.807) is 24.0 Å². The number of barbiturate groups is 1. The fraction of sp³-hybridized carbons (Fsp3) is 0.500. The van der Waals surface area contributed by atoms with Crippen LogP contribution < -0.4 is 5.32 Å². The van der Waals surface area contributed by atoms with Gasteiger partial charge in [0.1, 0.15) is 5.41 Å². The number of rotatable bonds is 2. The topological polar surface area (TPSA) is 84.3 Å². The Morgan fingerprint density at radius 2 is 2.11 bits per heavy atom. The van der Waals surface area contributed by atoms with Crippen molar-refractivity contribution in [2.45, 2.75) is 25.8 Å². The van der Waals surface area contributed by atoms with E-state index < -0.39 is 17.4 Å². The molecule has 1 N–H and O–H groups in total. The van der Waals surface area contributed by atoms with Gasteiger partial charge in [-0.25, -0.2) is 4.79 Å². The summed E-state index contributed by atoms with van der Waals surface area (Å²) in [6, 6.07) is 1.10. The molecule has 1 aliphatic heterocycles. The minimum atomic E-state index is -1.01. The third-order valence-corrected chi connectivity index (χ3v) is 4.00. The Bertz CT molecular complexity index is 573. The zero-order valence-corrected chi connectivity index (χ0v) is 10.5. The van der Waals surface area contributed by atoms with Crippen LogP contribution in [0.3, 0.4) is 0 Å². The zero-order valence-electron chi connectivity index (χ0n) is 10.5. The summed E-state index contributed by atoms with van der Waals surface area (Å²) in [6.07, 6.45) is 3.48. The lowest BCUT2D eigenvalue weighted by Gasteiger charge is -2.44. The lowest BCUT2D eigenvalue weighted by molar-refractivity contribution is -0.158. The number of imide groups is 2. The Balaban J connectivity index is 1.88. The Labute approximate surface area is 109 Å². The van der Waals surface area contributed by atoms with Gasteiger partial charge in [-0.15, -0.1) is 0 Å². The molecule has 1 spiro atoms. The summed E-state index contributed by atoms with van der Waals surface area (Å²) < 4.78 is 1.60. The summed E-state index contributed by atoms with van der Waals surface area (Å²) in [5.74, 6) is -0.830. The highest BCUT2D eigenvalue weighted by atomic mass is 16.2. The third kappa shape index (κ3) is 1.57. The first kappa shape index (κ1) is 11.9. The second kappa shape index (κ2) is 3.91. The average molecular weight is 262 g/mol. The number of aromatic nitrogens is 2. The number of nitrogens with one attached hydrogen (secondary N) is 1. The lowest BCUT2D eigenvalue weighted by Crippen LogP contribution is -2.65. The summed E-state index contributed by atoms with van der Waals surface area (Å²) in [6.45, 7) is 0.135. The molecule has 1 aromatic heterocycles. The van der Waals surface area contributed by atoms with Crippen LogP contribution in [0.25, 0.3) is 0 Å². The molecule has 1 aromatic rings. The zero-order chi connectivity index (χ0) is 13.6. The first-order chi connectivity index (χ1) is 9.04. The predicted octanol–water partition coefficient (Wildman–Crippen LogP) is 0.169. The molecule has 0 atom stereocenters. The van der Waals surface area contributed by atoms with Crippen molar-refractivity contribution in [3.05, 3.63) is 18.0 Å². The van der Waals surface area contributed by atoms with E-state index in [4.69, 9.17) is 0 Å². The number of hydrogen-bond acceptors (Lipinski definition) is 4. The SMILES string of the molecule is Cn1nccc1CN1C(=O)NC(=O)C2(CCC2)C1=O. The maximum atomic E-state index is 12.4. The van der Waals surface area contributed by atoms with Crippen LogP contribution in [0.15, 0.2) is 12.3 Å². The lowest BCUT2D eigenvalue weighted by atomic mass is 9.66. The van der Waals surface area contributed by atoms with Crippen LogP contribution in [-0.2, 0) is 23.2 Å². The first-order valence-electron chi connectivity index (χ1n) is 6.19. The van der Waals surface area contributed by atoms with Gasteiger partial charge in [0, 0.05) is 13.2 Å². The first-order valence-corrected chi connectivity index (χ1v) is 6.19. The van der Waals surface area contributed by atoms with Crippen LogP contribution in [0.5, 0.6) is 0 Å². The Morgan fingerprint density at radius 3 is 2.63 bits per heavy atom. The van der Waals surface area contributed by atoms with E-state index in [0.717, 1.165) is 17.0 Å². The highest BCUT2D eigenvalue weighted by Gasteiger charge is 2.57. The standard InChI is InChI=1S/C12H14N4O3/c1-15-8(3-6-13-15)7-16-10(18)12(4-2-5-12)9(17)14-11(16)19/h3,6H,2,4-5,7H2,1H3,(H,14,17,19). The quantitative estimate of drug-likeness (QED) is 0.770. The van der Waals surface area contributed by atoms with E-state index in [1.165, 1.54) is 0 Å². The fourth-order valence-corrected chi connectivity index (χ4v) is 2.57. The Kier molecular flexibility index (Phi) is 2.44. The van der Waals surface area contributed by atoms with E-state index in [-0.39, 0.29) is 12.5 Å². The normalized spacial score (nSPS) is 21.5. The van der Waals surface area contributed by atoms with Crippen molar-refractivity contribution in [3.63, 3.8) is 0 Å². The van der Waals surface area contributed by atoms with Gasteiger partial charge in [-0.1, -0.05) is 6.42 Å². The predicted molar refractivity (Wildman–Crippen MR) is 63.6 cm³/mol. The van der Waals surface area contributed by atoms with Crippen molar-refractivity contribution in [2.75, 3.05) is 0 Å². The molecule has 3 rings (SSSR count). The summed E-state index contributed by atoms with van der Waals surface area (Å²) >= 11 is 0. The second-order valence-electron chi connectivity index (χ2n) is 5.03. The van der Waals surface area contributed by atoms with Crippen molar-refractivity contribution in [3.8, 4) is 0 Å². The minimum Gasteiger partial charge on any atom is -0.277 e. The monoisotopic (exact) mass is 262 g/mol. The van der Waals surface area contributed by atoms with Crippen molar-refractivity contribution in [1.82, 2.24) is 20.0 Å². The molecule has 7 heteroatoms. The summed E-state index contributed by atoms with van der Waals surface area (Å²) in [5, 5.41) is 6.28. The van der Waals surface area contributed by atoms with E-state index in [2.05, 4.69) is 10.4 Å². The highest BCUT2D eigenvalue weighted by molar-refractivity contribution is 6.19. The fourth-order valence-electron chi connectivity index (χ4n) is 2.57. The molecule has 1 aliphatic carbocycles. The molecule has 19 heavy (non-hydrogen) atoms. The second-order valence-corrected chi connectivity index (χ2v) is 5.03. The maximum absolute atomic E-state index is 12.4. The van der Waals surface area contributed by atoms with E-state index in [9.17, 15) is 14.4 Å². The molecule has 1 saturated carbocycles. The number of carbonyl (C=O) groups excluding carboxylic acids is 3. The van der Waals surface area contributed by atoms with Crippen LogP contribution in [0.4, 0.5) is 4.79 Å². The largest absolute Gasteiger partial charge is 0.331 e.